The number of hydrogen-bond donors (Lipinski definition) is 1. The van der Waals surface area contributed by atoms with Gasteiger partial charge in [0.25, 0.3) is 0 Å². The summed E-state index contributed by atoms with van der Waals surface area (Å²) in [4.78, 5) is 4.64. The van der Waals surface area contributed by atoms with Gasteiger partial charge in [0.1, 0.15) is 0 Å². The normalized spacial score (nSPS) is 12.0. The van der Waals surface area contributed by atoms with Crippen LogP contribution in [0.1, 0.15) is 26.5 Å². The van der Waals surface area contributed by atoms with Crippen LogP contribution in [0.3, 0.4) is 0 Å². The number of nitrogens with zero attached hydrogens (tertiary/aromatic N) is 1. The number of hydrogen-bond acceptors (Lipinski definition) is 2. The molecule has 0 radical (unpaired) electrons. The zero-order valence-corrected chi connectivity index (χ0v) is 11.3. The molecule has 1 heterocycles. The molecule has 2 aromatic rings. The zero-order valence-electron chi connectivity index (χ0n) is 9.71. The second-order valence-electron chi connectivity index (χ2n) is 5.01. The minimum absolute atomic E-state index is 0.0225. The van der Waals surface area contributed by atoms with Crippen LogP contribution >= 0.6 is 15.9 Å². The lowest BCUT2D eigenvalue weighted by Crippen LogP contribution is -2.16. The standard InChI is InChI=1S/C13H15BrN2/c1-13(2,3)12-10(15)7-8-6-9(14)4-5-11(8)16-12/h4-7H,15H2,1-3H3. The van der Waals surface area contributed by atoms with E-state index in [1.807, 2.05) is 24.3 Å². The Kier molecular flexibility index (Phi) is 2.66. The van der Waals surface area contributed by atoms with Crippen LogP contribution in [0.25, 0.3) is 10.9 Å². The van der Waals surface area contributed by atoms with E-state index in [9.17, 15) is 0 Å². The number of rotatable bonds is 0. The van der Waals surface area contributed by atoms with Gasteiger partial charge in [-0.2, -0.15) is 0 Å². The second-order valence-corrected chi connectivity index (χ2v) is 5.93. The predicted octanol–water partition coefficient (Wildman–Crippen LogP) is 3.88. The molecule has 0 bridgehead atoms. The van der Waals surface area contributed by atoms with Crippen molar-refractivity contribution < 1.29 is 0 Å². The molecule has 0 saturated heterocycles. The summed E-state index contributed by atoms with van der Waals surface area (Å²) in [5, 5.41) is 1.07. The van der Waals surface area contributed by atoms with Crippen LogP contribution in [0.5, 0.6) is 0 Å². The Bertz CT molecular complexity index is 541. The molecule has 3 heteroatoms. The molecular weight excluding hydrogens is 264 g/mol. The van der Waals surface area contributed by atoms with Crippen molar-refractivity contribution in [1.29, 1.82) is 0 Å². The van der Waals surface area contributed by atoms with Gasteiger partial charge in [0.2, 0.25) is 0 Å². The van der Waals surface area contributed by atoms with Crippen molar-refractivity contribution in [2.45, 2.75) is 26.2 Å². The van der Waals surface area contributed by atoms with Gasteiger partial charge >= 0.3 is 0 Å². The van der Waals surface area contributed by atoms with Crippen LogP contribution in [-0.4, -0.2) is 4.98 Å². The van der Waals surface area contributed by atoms with Gasteiger partial charge in [-0.3, -0.25) is 4.98 Å². The van der Waals surface area contributed by atoms with Gasteiger partial charge < -0.3 is 5.73 Å². The van der Waals surface area contributed by atoms with Crippen molar-refractivity contribution in [2.75, 3.05) is 5.73 Å². The Morgan fingerprint density at radius 2 is 1.88 bits per heavy atom. The smallest absolute Gasteiger partial charge is 0.0708 e. The van der Waals surface area contributed by atoms with Gasteiger partial charge in [0, 0.05) is 15.3 Å². The minimum Gasteiger partial charge on any atom is -0.397 e. The number of aromatic nitrogens is 1. The molecule has 0 atom stereocenters. The third-order valence-corrected chi connectivity index (χ3v) is 3.01. The van der Waals surface area contributed by atoms with E-state index in [-0.39, 0.29) is 5.41 Å². The fraction of sp³-hybridized carbons (Fsp3) is 0.308. The van der Waals surface area contributed by atoms with Crippen LogP contribution in [-0.2, 0) is 5.41 Å². The van der Waals surface area contributed by atoms with Crippen molar-refractivity contribution >= 4 is 32.5 Å². The highest BCUT2D eigenvalue weighted by Gasteiger charge is 2.19. The van der Waals surface area contributed by atoms with E-state index in [2.05, 4.69) is 41.7 Å². The Labute approximate surface area is 104 Å². The van der Waals surface area contributed by atoms with Gasteiger partial charge in [0.05, 0.1) is 16.9 Å². The summed E-state index contributed by atoms with van der Waals surface area (Å²) in [5.74, 6) is 0. The lowest BCUT2D eigenvalue weighted by Gasteiger charge is -2.20. The Hall–Kier alpha value is -1.09. The molecule has 0 fully saturated rings. The molecule has 84 valence electrons. The third kappa shape index (κ3) is 2.05. The second kappa shape index (κ2) is 3.74. The van der Waals surface area contributed by atoms with Crippen LogP contribution < -0.4 is 5.73 Å². The van der Waals surface area contributed by atoms with E-state index in [0.29, 0.717) is 0 Å². The number of anilines is 1. The fourth-order valence-corrected chi connectivity index (χ4v) is 2.14. The lowest BCUT2D eigenvalue weighted by molar-refractivity contribution is 0.574. The molecule has 2 N–H and O–H groups in total. The summed E-state index contributed by atoms with van der Waals surface area (Å²) in [7, 11) is 0. The number of pyridine rings is 1. The fourth-order valence-electron chi connectivity index (χ4n) is 1.76. The largest absolute Gasteiger partial charge is 0.397 e. The highest BCUT2D eigenvalue weighted by atomic mass is 79.9. The summed E-state index contributed by atoms with van der Waals surface area (Å²) in [5.41, 5.74) is 8.73. The summed E-state index contributed by atoms with van der Waals surface area (Å²) < 4.78 is 1.05. The molecule has 0 saturated carbocycles. The molecule has 0 spiro atoms. The van der Waals surface area contributed by atoms with Crippen molar-refractivity contribution in [3.05, 3.63) is 34.4 Å². The van der Waals surface area contributed by atoms with E-state index in [0.717, 1.165) is 26.8 Å². The van der Waals surface area contributed by atoms with Crippen molar-refractivity contribution in [1.82, 2.24) is 4.98 Å². The first-order chi connectivity index (χ1) is 7.38. The number of nitrogen functional groups attached to an aromatic ring is 1. The molecule has 2 rings (SSSR count). The Morgan fingerprint density at radius 1 is 1.19 bits per heavy atom. The Morgan fingerprint density at radius 3 is 2.50 bits per heavy atom. The zero-order chi connectivity index (χ0) is 11.9. The van der Waals surface area contributed by atoms with E-state index in [1.165, 1.54) is 0 Å². The molecule has 2 nitrogen and oxygen atoms in total. The lowest BCUT2D eigenvalue weighted by atomic mass is 9.90. The van der Waals surface area contributed by atoms with Crippen LogP contribution in [0.2, 0.25) is 0 Å². The van der Waals surface area contributed by atoms with Crippen molar-refractivity contribution in [2.24, 2.45) is 0 Å². The monoisotopic (exact) mass is 278 g/mol. The van der Waals surface area contributed by atoms with Gasteiger partial charge in [-0.15, -0.1) is 0 Å². The van der Waals surface area contributed by atoms with Gasteiger partial charge in [-0.05, 0) is 24.3 Å². The maximum Gasteiger partial charge on any atom is 0.0708 e. The molecule has 16 heavy (non-hydrogen) atoms. The van der Waals surface area contributed by atoms with Gasteiger partial charge in [0.15, 0.2) is 0 Å². The quantitative estimate of drug-likeness (QED) is 0.794. The predicted molar refractivity (Wildman–Crippen MR) is 72.6 cm³/mol. The molecule has 1 aromatic heterocycles. The molecule has 0 unspecified atom stereocenters. The van der Waals surface area contributed by atoms with Crippen molar-refractivity contribution in [3.63, 3.8) is 0 Å². The Balaban J connectivity index is 2.72. The summed E-state index contributed by atoms with van der Waals surface area (Å²) >= 11 is 3.45. The highest BCUT2D eigenvalue weighted by molar-refractivity contribution is 9.10. The first-order valence-electron chi connectivity index (χ1n) is 5.24. The topological polar surface area (TPSA) is 38.9 Å². The van der Waals surface area contributed by atoms with Gasteiger partial charge in [-0.1, -0.05) is 36.7 Å². The highest BCUT2D eigenvalue weighted by Crippen LogP contribution is 2.29. The number of nitrogens with two attached hydrogens (primary N) is 1. The third-order valence-electron chi connectivity index (χ3n) is 2.52. The van der Waals surface area contributed by atoms with E-state index in [4.69, 9.17) is 5.73 Å². The molecule has 0 aliphatic rings. The number of fused-ring (bicyclic) bond motifs is 1. The average molecular weight is 279 g/mol. The number of halogens is 1. The van der Waals surface area contributed by atoms with Gasteiger partial charge in [-0.25, -0.2) is 0 Å². The maximum atomic E-state index is 6.05. The molecular formula is C13H15BrN2. The average Bonchev–Trinajstić information content (AvgIpc) is 2.14. The number of benzene rings is 1. The maximum absolute atomic E-state index is 6.05. The van der Waals surface area contributed by atoms with E-state index in [1.54, 1.807) is 0 Å². The summed E-state index contributed by atoms with van der Waals surface area (Å²) in [6.07, 6.45) is 0. The first-order valence-corrected chi connectivity index (χ1v) is 6.03. The van der Waals surface area contributed by atoms with E-state index < -0.39 is 0 Å². The summed E-state index contributed by atoms with van der Waals surface area (Å²) in [6.45, 7) is 6.36. The molecule has 0 aliphatic heterocycles. The SMILES string of the molecule is CC(C)(C)c1nc2ccc(Br)cc2cc1N. The molecule has 0 aliphatic carbocycles. The molecule has 1 aromatic carbocycles. The van der Waals surface area contributed by atoms with Crippen LogP contribution in [0.4, 0.5) is 5.69 Å². The minimum atomic E-state index is -0.0225. The van der Waals surface area contributed by atoms with Crippen LogP contribution in [0.15, 0.2) is 28.7 Å². The van der Waals surface area contributed by atoms with E-state index >= 15 is 0 Å². The van der Waals surface area contributed by atoms with Crippen LogP contribution in [0, 0.1) is 0 Å². The summed E-state index contributed by atoms with van der Waals surface area (Å²) in [6, 6.07) is 8.03. The van der Waals surface area contributed by atoms with Crippen molar-refractivity contribution in [3.8, 4) is 0 Å². The molecule has 0 amide bonds. The first kappa shape index (κ1) is 11.4.